The molecule has 16 heavy (non-hydrogen) atoms. The Bertz CT molecular complexity index is 414. The van der Waals surface area contributed by atoms with Crippen LogP contribution in [0.1, 0.15) is 29.7 Å². The summed E-state index contributed by atoms with van der Waals surface area (Å²) in [5.41, 5.74) is 3.83. The summed E-state index contributed by atoms with van der Waals surface area (Å²) < 4.78 is 0. The van der Waals surface area contributed by atoms with Crippen LogP contribution in [0.4, 0.5) is 0 Å². The molecule has 2 N–H and O–H groups in total. The molecule has 2 rings (SSSR count). The molecular weight excluding hydrogens is 200 g/mol. The zero-order valence-electron chi connectivity index (χ0n) is 10.0. The average molecular weight is 218 g/mol. The summed E-state index contributed by atoms with van der Waals surface area (Å²) in [4.78, 5) is 11.3. The minimum Gasteiger partial charge on any atom is -0.353 e. The van der Waals surface area contributed by atoms with Crippen molar-refractivity contribution in [1.29, 1.82) is 0 Å². The van der Waals surface area contributed by atoms with Gasteiger partial charge >= 0.3 is 0 Å². The third kappa shape index (κ3) is 2.09. The van der Waals surface area contributed by atoms with Gasteiger partial charge in [-0.15, -0.1) is 0 Å². The number of amides is 1. The van der Waals surface area contributed by atoms with Crippen molar-refractivity contribution in [3.05, 3.63) is 34.9 Å². The first-order valence-electron chi connectivity index (χ1n) is 5.69. The number of nitrogens with one attached hydrogen (secondary N) is 2. The molecule has 1 aliphatic rings. The van der Waals surface area contributed by atoms with Gasteiger partial charge in [0, 0.05) is 6.54 Å². The van der Waals surface area contributed by atoms with E-state index in [1.165, 1.54) is 16.7 Å². The Hall–Kier alpha value is -1.35. The zero-order valence-corrected chi connectivity index (χ0v) is 10.0. The highest BCUT2D eigenvalue weighted by Crippen LogP contribution is 2.20. The third-order valence-electron chi connectivity index (χ3n) is 3.13. The summed E-state index contributed by atoms with van der Waals surface area (Å²) >= 11 is 0. The van der Waals surface area contributed by atoms with Crippen LogP contribution in [0, 0.1) is 13.8 Å². The third-order valence-corrected chi connectivity index (χ3v) is 3.13. The normalized spacial score (nSPS) is 25.3. The second-order valence-electron chi connectivity index (χ2n) is 4.55. The second-order valence-corrected chi connectivity index (χ2v) is 4.55. The summed E-state index contributed by atoms with van der Waals surface area (Å²) in [5.74, 6) is 0.0843. The van der Waals surface area contributed by atoms with Gasteiger partial charge in [-0.2, -0.15) is 0 Å². The molecule has 0 aromatic heterocycles. The first-order valence-corrected chi connectivity index (χ1v) is 5.69. The monoisotopic (exact) mass is 218 g/mol. The molecule has 1 amide bonds. The van der Waals surface area contributed by atoms with E-state index < -0.39 is 0 Å². The fraction of sp³-hybridized carbons (Fsp3) is 0.462. The SMILES string of the molecule is Cc1ccc(C2CNC(=O)C(C)N2)c(C)c1. The molecule has 1 aliphatic heterocycles. The van der Waals surface area contributed by atoms with Crippen molar-refractivity contribution in [2.24, 2.45) is 0 Å². The molecule has 1 saturated heterocycles. The lowest BCUT2D eigenvalue weighted by Gasteiger charge is -2.30. The fourth-order valence-corrected chi connectivity index (χ4v) is 2.21. The van der Waals surface area contributed by atoms with Crippen LogP contribution < -0.4 is 10.6 Å². The van der Waals surface area contributed by atoms with Crippen LogP contribution in [0.25, 0.3) is 0 Å². The van der Waals surface area contributed by atoms with Gasteiger partial charge in [-0.1, -0.05) is 23.8 Å². The molecule has 1 aromatic carbocycles. The van der Waals surface area contributed by atoms with E-state index >= 15 is 0 Å². The number of carbonyl (C=O) groups is 1. The number of aryl methyl sites for hydroxylation is 2. The Balaban J connectivity index is 2.21. The van der Waals surface area contributed by atoms with Gasteiger partial charge in [0.15, 0.2) is 0 Å². The van der Waals surface area contributed by atoms with Crippen LogP contribution in [0.3, 0.4) is 0 Å². The van der Waals surface area contributed by atoms with Crippen molar-refractivity contribution in [2.45, 2.75) is 32.9 Å². The first-order chi connectivity index (χ1) is 7.58. The highest BCUT2D eigenvalue weighted by molar-refractivity contribution is 5.82. The van der Waals surface area contributed by atoms with Crippen molar-refractivity contribution < 1.29 is 4.79 Å². The Morgan fingerprint density at radius 3 is 2.69 bits per heavy atom. The maximum Gasteiger partial charge on any atom is 0.236 e. The molecule has 0 spiro atoms. The summed E-state index contributed by atoms with van der Waals surface area (Å²) in [7, 11) is 0. The van der Waals surface area contributed by atoms with Gasteiger partial charge in [0.2, 0.25) is 5.91 Å². The molecule has 2 atom stereocenters. The molecule has 0 bridgehead atoms. The van der Waals surface area contributed by atoms with Crippen LogP contribution in [0.15, 0.2) is 18.2 Å². The first kappa shape index (κ1) is 11.1. The van der Waals surface area contributed by atoms with Crippen molar-refractivity contribution >= 4 is 5.91 Å². The largest absolute Gasteiger partial charge is 0.353 e. The highest BCUT2D eigenvalue weighted by atomic mass is 16.2. The predicted octanol–water partition coefficient (Wildman–Crippen LogP) is 1.45. The number of hydrogen-bond acceptors (Lipinski definition) is 2. The minimum absolute atomic E-state index is 0.0843. The van der Waals surface area contributed by atoms with Crippen LogP contribution in [-0.2, 0) is 4.79 Å². The maximum absolute atomic E-state index is 11.3. The Morgan fingerprint density at radius 2 is 2.06 bits per heavy atom. The zero-order chi connectivity index (χ0) is 11.7. The number of benzene rings is 1. The Labute approximate surface area is 96.2 Å². The summed E-state index contributed by atoms with van der Waals surface area (Å²) in [6, 6.07) is 6.56. The highest BCUT2D eigenvalue weighted by Gasteiger charge is 2.25. The number of hydrogen-bond donors (Lipinski definition) is 2. The molecule has 1 fully saturated rings. The summed E-state index contributed by atoms with van der Waals surface area (Å²) in [6.07, 6.45) is 0. The number of rotatable bonds is 1. The molecule has 1 heterocycles. The van der Waals surface area contributed by atoms with E-state index in [1.807, 2.05) is 6.92 Å². The molecule has 0 aliphatic carbocycles. The quantitative estimate of drug-likeness (QED) is 0.749. The van der Waals surface area contributed by atoms with Gasteiger partial charge in [-0.25, -0.2) is 0 Å². The van der Waals surface area contributed by atoms with Crippen LogP contribution in [0.2, 0.25) is 0 Å². The second kappa shape index (κ2) is 4.26. The molecule has 3 nitrogen and oxygen atoms in total. The molecule has 0 saturated carbocycles. The van der Waals surface area contributed by atoms with Crippen LogP contribution in [0.5, 0.6) is 0 Å². The van der Waals surface area contributed by atoms with Crippen molar-refractivity contribution in [1.82, 2.24) is 10.6 Å². The average Bonchev–Trinajstić information content (AvgIpc) is 2.22. The summed E-state index contributed by atoms with van der Waals surface area (Å²) in [6.45, 7) is 6.78. The lowest BCUT2D eigenvalue weighted by molar-refractivity contribution is -0.124. The van der Waals surface area contributed by atoms with Gasteiger partial charge in [-0.3, -0.25) is 10.1 Å². The van der Waals surface area contributed by atoms with Gasteiger partial charge < -0.3 is 5.32 Å². The van der Waals surface area contributed by atoms with Gasteiger partial charge in [0.25, 0.3) is 0 Å². The van der Waals surface area contributed by atoms with E-state index in [1.54, 1.807) is 0 Å². The van der Waals surface area contributed by atoms with Crippen molar-refractivity contribution in [3.63, 3.8) is 0 Å². The van der Waals surface area contributed by atoms with Crippen LogP contribution in [-0.4, -0.2) is 18.5 Å². The smallest absolute Gasteiger partial charge is 0.236 e. The molecule has 86 valence electrons. The van der Waals surface area contributed by atoms with Gasteiger partial charge in [0.1, 0.15) is 0 Å². The van der Waals surface area contributed by atoms with Crippen molar-refractivity contribution in [2.75, 3.05) is 6.54 Å². The minimum atomic E-state index is -0.112. The van der Waals surface area contributed by atoms with Crippen LogP contribution >= 0.6 is 0 Å². The van der Waals surface area contributed by atoms with E-state index in [4.69, 9.17) is 0 Å². The standard InChI is InChI=1S/C13H18N2O/c1-8-4-5-11(9(2)6-8)12-7-14-13(16)10(3)15-12/h4-6,10,12,15H,7H2,1-3H3,(H,14,16). The van der Waals surface area contributed by atoms with E-state index in [2.05, 4.69) is 42.7 Å². The van der Waals surface area contributed by atoms with E-state index in [0.29, 0.717) is 6.54 Å². The topological polar surface area (TPSA) is 41.1 Å². The number of piperazine rings is 1. The van der Waals surface area contributed by atoms with E-state index in [9.17, 15) is 4.79 Å². The van der Waals surface area contributed by atoms with E-state index in [-0.39, 0.29) is 18.0 Å². The molecular formula is C13H18N2O. The molecule has 3 heteroatoms. The van der Waals surface area contributed by atoms with Gasteiger partial charge in [0.05, 0.1) is 12.1 Å². The van der Waals surface area contributed by atoms with Gasteiger partial charge in [-0.05, 0) is 31.9 Å². The lowest BCUT2D eigenvalue weighted by atomic mass is 9.97. The predicted molar refractivity (Wildman–Crippen MR) is 64.3 cm³/mol. The Kier molecular flexibility index (Phi) is 2.97. The van der Waals surface area contributed by atoms with E-state index in [0.717, 1.165) is 0 Å². The maximum atomic E-state index is 11.3. The van der Waals surface area contributed by atoms with Crippen molar-refractivity contribution in [3.8, 4) is 0 Å². The Morgan fingerprint density at radius 1 is 1.31 bits per heavy atom. The fourth-order valence-electron chi connectivity index (χ4n) is 2.21. The molecule has 0 radical (unpaired) electrons. The lowest BCUT2D eigenvalue weighted by Crippen LogP contribution is -2.53. The number of carbonyl (C=O) groups excluding carboxylic acids is 1. The molecule has 1 aromatic rings. The molecule has 2 unspecified atom stereocenters. The summed E-state index contributed by atoms with van der Waals surface area (Å²) in [5, 5.41) is 6.25.